The normalized spacial score (nSPS) is 17.0. The summed E-state index contributed by atoms with van der Waals surface area (Å²) in [5.74, 6) is 0.220. The van der Waals surface area contributed by atoms with Gasteiger partial charge in [0.2, 0.25) is 10.0 Å². The summed E-state index contributed by atoms with van der Waals surface area (Å²) in [6, 6.07) is 7.69. The number of nitrogens with zero attached hydrogens (tertiary/aromatic N) is 4. The van der Waals surface area contributed by atoms with Crippen LogP contribution in [0.15, 0.2) is 42.9 Å². The fourth-order valence-corrected chi connectivity index (χ4v) is 4.54. The number of hydrogen-bond donors (Lipinski definition) is 0. The van der Waals surface area contributed by atoms with Crippen molar-refractivity contribution < 1.29 is 8.42 Å². The lowest BCUT2D eigenvalue weighted by Gasteiger charge is -2.20. The van der Waals surface area contributed by atoms with Crippen LogP contribution in [0.5, 0.6) is 0 Å². The van der Waals surface area contributed by atoms with Crippen molar-refractivity contribution in [2.75, 3.05) is 16.6 Å². The third kappa shape index (κ3) is 2.37. The van der Waals surface area contributed by atoms with E-state index in [1.54, 1.807) is 16.9 Å². The van der Waals surface area contributed by atoms with Crippen molar-refractivity contribution in [1.29, 1.82) is 0 Å². The van der Waals surface area contributed by atoms with Crippen LogP contribution >= 0.6 is 0 Å². The van der Waals surface area contributed by atoms with Gasteiger partial charge in [-0.3, -0.25) is 4.31 Å². The Morgan fingerprint density at radius 1 is 1.17 bits per heavy atom. The van der Waals surface area contributed by atoms with Crippen LogP contribution in [-0.2, 0) is 10.0 Å². The number of anilines is 1. The summed E-state index contributed by atoms with van der Waals surface area (Å²) in [6.07, 6.45) is 6.05. The van der Waals surface area contributed by atoms with Gasteiger partial charge in [-0.2, -0.15) is 5.10 Å². The second kappa shape index (κ2) is 5.06. The fraction of sp³-hybridized carbons (Fsp3) is 0.250. The third-order valence-electron chi connectivity index (χ3n) is 4.16. The lowest BCUT2D eigenvalue weighted by atomic mass is 10.1. The number of aryl methyl sites for hydroxylation is 1. The molecule has 0 bridgehead atoms. The molecule has 1 aliphatic rings. The highest BCUT2D eigenvalue weighted by atomic mass is 32.2. The Morgan fingerprint density at radius 3 is 2.83 bits per heavy atom. The van der Waals surface area contributed by atoms with Gasteiger partial charge in [0.05, 0.1) is 17.6 Å². The quantitative estimate of drug-likeness (QED) is 0.723. The summed E-state index contributed by atoms with van der Waals surface area (Å²) in [5.41, 5.74) is 4.31. The smallest absolute Gasteiger partial charge is 0.235 e. The molecule has 0 saturated carbocycles. The molecule has 1 saturated heterocycles. The summed E-state index contributed by atoms with van der Waals surface area (Å²) in [4.78, 5) is 4.36. The van der Waals surface area contributed by atoms with E-state index in [-0.39, 0.29) is 5.75 Å². The first-order chi connectivity index (χ1) is 11.0. The number of fused-ring (bicyclic) bond motifs is 1. The minimum absolute atomic E-state index is 0.220. The summed E-state index contributed by atoms with van der Waals surface area (Å²) < 4.78 is 27.6. The zero-order valence-electron chi connectivity index (χ0n) is 12.7. The molecule has 1 fully saturated rings. The minimum atomic E-state index is -3.19. The molecular formula is C16H16N4O2S. The van der Waals surface area contributed by atoms with Crippen LogP contribution in [0.3, 0.4) is 0 Å². The number of hydrogen-bond acceptors (Lipinski definition) is 4. The second-order valence-electron chi connectivity index (χ2n) is 5.72. The van der Waals surface area contributed by atoms with Gasteiger partial charge in [0.1, 0.15) is 0 Å². The Bertz CT molecular complexity index is 994. The Labute approximate surface area is 134 Å². The first-order valence-corrected chi connectivity index (χ1v) is 9.06. The van der Waals surface area contributed by atoms with Crippen LogP contribution in [0.2, 0.25) is 0 Å². The molecule has 0 unspecified atom stereocenters. The summed E-state index contributed by atoms with van der Waals surface area (Å²) in [6.45, 7) is 2.48. The Kier molecular flexibility index (Phi) is 3.12. The number of benzene rings is 1. The zero-order chi connectivity index (χ0) is 16.0. The molecule has 3 heterocycles. The first kappa shape index (κ1) is 14.2. The van der Waals surface area contributed by atoms with E-state index in [2.05, 4.69) is 10.1 Å². The molecule has 0 N–H and O–H groups in total. The molecule has 23 heavy (non-hydrogen) atoms. The molecule has 6 nitrogen and oxygen atoms in total. The highest BCUT2D eigenvalue weighted by Gasteiger charge is 2.29. The largest absolute Gasteiger partial charge is 0.270 e. The Balaban J connectivity index is 1.82. The predicted molar refractivity (Wildman–Crippen MR) is 88.9 cm³/mol. The van der Waals surface area contributed by atoms with Crippen molar-refractivity contribution in [3.8, 4) is 11.1 Å². The lowest BCUT2D eigenvalue weighted by Crippen LogP contribution is -2.25. The maximum absolute atomic E-state index is 12.2. The Hall–Kier alpha value is -2.41. The van der Waals surface area contributed by atoms with E-state index in [9.17, 15) is 8.42 Å². The summed E-state index contributed by atoms with van der Waals surface area (Å²) in [5, 5.41) is 4.19. The Morgan fingerprint density at radius 2 is 2.04 bits per heavy atom. The highest BCUT2D eigenvalue weighted by Crippen LogP contribution is 2.31. The van der Waals surface area contributed by atoms with Gasteiger partial charge in [-0.25, -0.2) is 17.9 Å². The van der Waals surface area contributed by atoms with Gasteiger partial charge in [-0.05, 0) is 30.5 Å². The molecule has 0 aliphatic carbocycles. The molecule has 0 atom stereocenters. The van der Waals surface area contributed by atoms with Crippen molar-refractivity contribution in [1.82, 2.24) is 14.6 Å². The first-order valence-electron chi connectivity index (χ1n) is 7.45. The monoisotopic (exact) mass is 328 g/mol. The summed E-state index contributed by atoms with van der Waals surface area (Å²) in [7, 11) is -3.19. The molecule has 1 aromatic carbocycles. The van der Waals surface area contributed by atoms with Crippen LogP contribution in [0.4, 0.5) is 5.69 Å². The highest BCUT2D eigenvalue weighted by molar-refractivity contribution is 7.93. The van der Waals surface area contributed by atoms with Crippen LogP contribution in [0.1, 0.15) is 12.0 Å². The van der Waals surface area contributed by atoms with Gasteiger partial charge in [0.25, 0.3) is 0 Å². The van der Waals surface area contributed by atoms with Gasteiger partial charge in [-0.15, -0.1) is 0 Å². The van der Waals surface area contributed by atoms with Gasteiger partial charge >= 0.3 is 0 Å². The van der Waals surface area contributed by atoms with E-state index in [1.807, 2.05) is 37.4 Å². The maximum Gasteiger partial charge on any atom is 0.235 e. The van der Waals surface area contributed by atoms with E-state index < -0.39 is 10.0 Å². The van der Waals surface area contributed by atoms with E-state index in [0.29, 0.717) is 13.0 Å². The van der Waals surface area contributed by atoms with Gasteiger partial charge in [0, 0.05) is 30.6 Å². The SMILES string of the molecule is Cc1ccc(-c2cnc3ccnn3c2)cc1N1CCCS1(=O)=O. The van der Waals surface area contributed by atoms with Gasteiger partial charge in [-0.1, -0.05) is 12.1 Å². The molecule has 1 aliphatic heterocycles. The van der Waals surface area contributed by atoms with Crippen molar-refractivity contribution >= 4 is 21.4 Å². The average Bonchev–Trinajstić information content (AvgIpc) is 3.13. The number of sulfonamides is 1. The van der Waals surface area contributed by atoms with Gasteiger partial charge < -0.3 is 0 Å². The van der Waals surface area contributed by atoms with Crippen molar-refractivity contribution in [2.24, 2.45) is 0 Å². The third-order valence-corrected chi connectivity index (χ3v) is 6.01. The zero-order valence-corrected chi connectivity index (χ0v) is 13.5. The molecule has 7 heteroatoms. The molecule has 0 radical (unpaired) electrons. The van der Waals surface area contributed by atoms with E-state index in [0.717, 1.165) is 28.0 Å². The molecule has 2 aromatic heterocycles. The van der Waals surface area contributed by atoms with Crippen LogP contribution in [0.25, 0.3) is 16.8 Å². The van der Waals surface area contributed by atoms with E-state index >= 15 is 0 Å². The van der Waals surface area contributed by atoms with Crippen LogP contribution in [-0.4, -0.2) is 35.3 Å². The molecule has 0 spiro atoms. The lowest BCUT2D eigenvalue weighted by molar-refractivity contribution is 0.599. The van der Waals surface area contributed by atoms with Crippen LogP contribution < -0.4 is 4.31 Å². The molecule has 0 amide bonds. The summed E-state index contributed by atoms with van der Waals surface area (Å²) >= 11 is 0. The second-order valence-corrected chi connectivity index (χ2v) is 7.73. The standard InChI is InChI=1S/C16H16N4O2S/c1-12-3-4-13(9-15(12)20-7-2-8-23(20,21)22)14-10-17-16-5-6-18-19(16)11-14/h3-6,9-11H,2,7-8H2,1H3. The van der Waals surface area contributed by atoms with Crippen LogP contribution in [0, 0.1) is 6.92 Å². The minimum Gasteiger partial charge on any atom is -0.270 e. The molecule has 3 aromatic rings. The molecule has 118 valence electrons. The van der Waals surface area contributed by atoms with Crippen molar-refractivity contribution in [2.45, 2.75) is 13.3 Å². The van der Waals surface area contributed by atoms with Gasteiger partial charge in [0.15, 0.2) is 5.65 Å². The van der Waals surface area contributed by atoms with Crippen molar-refractivity contribution in [3.05, 3.63) is 48.4 Å². The average molecular weight is 328 g/mol. The van der Waals surface area contributed by atoms with E-state index in [4.69, 9.17) is 0 Å². The van der Waals surface area contributed by atoms with Crippen molar-refractivity contribution in [3.63, 3.8) is 0 Å². The molecular weight excluding hydrogens is 312 g/mol. The topological polar surface area (TPSA) is 67.6 Å². The predicted octanol–water partition coefficient (Wildman–Crippen LogP) is 2.24. The number of rotatable bonds is 2. The maximum atomic E-state index is 12.2. The molecule has 4 rings (SSSR count). The fourth-order valence-electron chi connectivity index (χ4n) is 2.93. The van der Waals surface area contributed by atoms with E-state index in [1.165, 1.54) is 4.31 Å². The number of aromatic nitrogens is 3.